The van der Waals surface area contributed by atoms with Crippen LogP contribution in [0.3, 0.4) is 0 Å². The van der Waals surface area contributed by atoms with Crippen molar-refractivity contribution in [3.05, 3.63) is 0 Å². The van der Waals surface area contributed by atoms with Gasteiger partial charge >= 0.3 is 0 Å². The van der Waals surface area contributed by atoms with E-state index >= 15 is 0 Å². The Bertz CT molecular complexity index is 242. The zero-order valence-electron chi connectivity index (χ0n) is 10.0. The molecule has 2 aliphatic carbocycles. The number of amides is 1. The third-order valence-electron chi connectivity index (χ3n) is 4.04. The summed E-state index contributed by atoms with van der Waals surface area (Å²) in [7, 11) is 0. The Morgan fingerprint density at radius 1 is 1.38 bits per heavy atom. The van der Waals surface area contributed by atoms with Crippen LogP contribution in [0.5, 0.6) is 0 Å². The minimum atomic E-state index is 0.333. The highest BCUT2D eigenvalue weighted by Gasteiger charge is 2.54. The number of alkyl halides is 1. The quantitative estimate of drug-likeness (QED) is 0.611. The molecule has 0 aromatic heterocycles. The van der Waals surface area contributed by atoms with Gasteiger partial charge in [-0.3, -0.25) is 4.79 Å². The van der Waals surface area contributed by atoms with E-state index in [1.54, 1.807) is 0 Å². The van der Waals surface area contributed by atoms with Crippen LogP contribution >= 0.6 is 15.9 Å². The molecule has 16 heavy (non-hydrogen) atoms. The molecule has 0 aliphatic heterocycles. The molecule has 0 aromatic rings. The van der Waals surface area contributed by atoms with E-state index in [2.05, 4.69) is 28.2 Å². The second kappa shape index (κ2) is 5.52. The summed E-state index contributed by atoms with van der Waals surface area (Å²) in [4.78, 5) is 12.5. The van der Waals surface area contributed by atoms with E-state index in [9.17, 15) is 4.79 Å². The van der Waals surface area contributed by atoms with Crippen LogP contribution in [0.15, 0.2) is 0 Å². The average molecular weight is 288 g/mol. The molecule has 0 aromatic carbocycles. The fourth-order valence-corrected chi connectivity index (χ4v) is 3.42. The lowest BCUT2D eigenvalue weighted by molar-refractivity contribution is -0.122. The Morgan fingerprint density at radius 3 is 2.56 bits per heavy atom. The van der Waals surface area contributed by atoms with E-state index in [0.717, 1.165) is 31.2 Å². The van der Waals surface area contributed by atoms with Crippen LogP contribution in [0.2, 0.25) is 0 Å². The molecular weight excluding hydrogens is 266 g/mol. The number of rotatable bonds is 5. The van der Waals surface area contributed by atoms with Gasteiger partial charge in [0.05, 0.1) is 0 Å². The van der Waals surface area contributed by atoms with Crippen LogP contribution in [0, 0.1) is 17.8 Å². The van der Waals surface area contributed by atoms with Crippen molar-refractivity contribution in [3.8, 4) is 0 Å². The van der Waals surface area contributed by atoms with Gasteiger partial charge in [-0.15, -0.1) is 0 Å². The zero-order valence-corrected chi connectivity index (χ0v) is 11.6. The molecule has 0 spiro atoms. The van der Waals surface area contributed by atoms with Crippen molar-refractivity contribution in [1.29, 1.82) is 0 Å². The molecule has 3 heteroatoms. The molecule has 2 rings (SSSR count). The van der Waals surface area contributed by atoms with Gasteiger partial charge in [-0.1, -0.05) is 35.7 Å². The highest BCUT2D eigenvalue weighted by Crippen LogP contribution is 2.55. The molecule has 2 nitrogen and oxygen atoms in total. The van der Waals surface area contributed by atoms with E-state index in [4.69, 9.17) is 0 Å². The van der Waals surface area contributed by atoms with Gasteiger partial charge in [0, 0.05) is 17.3 Å². The van der Waals surface area contributed by atoms with Crippen molar-refractivity contribution in [2.24, 2.45) is 17.8 Å². The topological polar surface area (TPSA) is 29.1 Å². The van der Waals surface area contributed by atoms with E-state index in [1.165, 1.54) is 25.7 Å². The zero-order chi connectivity index (χ0) is 11.5. The van der Waals surface area contributed by atoms with Crippen molar-refractivity contribution < 1.29 is 4.79 Å². The molecule has 3 unspecified atom stereocenters. The Labute approximate surface area is 107 Å². The molecular formula is C13H22BrNO. The Morgan fingerprint density at radius 2 is 2.00 bits per heavy atom. The van der Waals surface area contributed by atoms with Gasteiger partial charge in [-0.25, -0.2) is 0 Å². The van der Waals surface area contributed by atoms with Crippen molar-refractivity contribution >= 4 is 21.8 Å². The number of nitrogens with one attached hydrogen (secondary N) is 1. The average Bonchev–Trinajstić information content (AvgIpc) is 2.98. The smallest absolute Gasteiger partial charge is 0.223 e. The highest BCUT2D eigenvalue weighted by atomic mass is 79.9. The van der Waals surface area contributed by atoms with Crippen LogP contribution < -0.4 is 5.32 Å². The minimum absolute atomic E-state index is 0.333. The third kappa shape index (κ3) is 2.99. The van der Waals surface area contributed by atoms with E-state index in [1.807, 2.05) is 0 Å². The lowest BCUT2D eigenvalue weighted by Crippen LogP contribution is -2.27. The SMILES string of the molecule is CC(Br)CCCNC(=O)C1C2CCCCC21. The maximum atomic E-state index is 11.9. The normalized spacial score (nSPS) is 34.0. The summed E-state index contributed by atoms with van der Waals surface area (Å²) in [6, 6.07) is 0. The van der Waals surface area contributed by atoms with E-state index in [0.29, 0.717) is 16.7 Å². The Balaban J connectivity index is 1.62. The number of carbonyl (C=O) groups excluding carboxylic acids is 1. The predicted octanol–water partition coefficient (Wildman–Crippen LogP) is 3.10. The van der Waals surface area contributed by atoms with Crippen LogP contribution in [-0.2, 0) is 4.79 Å². The number of hydrogen-bond donors (Lipinski definition) is 1. The van der Waals surface area contributed by atoms with Gasteiger partial charge in [-0.05, 0) is 37.5 Å². The van der Waals surface area contributed by atoms with Crippen molar-refractivity contribution in [1.82, 2.24) is 5.32 Å². The van der Waals surface area contributed by atoms with Gasteiger partial charge in [0.1, 0.15) is 0 Å². The summed E-state index contributed by atoms with van der Waals surface area (Å²) in [5.41, 5.74) is 0. The van der Waals surface area contributed by atoms with E-state index in [-0.39, 0.29) is 0 Å². The molecule has 2 saturated carbocycles. The maximum Gasteiger partial charge on any atom is 0.223 e. The molecule has 0 bridgehead atoms. The summed E-state index contributed by atoms with van der Waals surface area (Å²) in [6.07, 6.45) is 7.48. The van der Waals surface area contributed by atoms with Crippen LogP contribution in [0.4, 0.5) is 0 Å². The summed E-state index contributed by atoms with van der Waals surface area (Å²) >= 11 is 3.52. The number of halogens is 1. The molecule has 0 radical (unpaired) electrons. The summed E-state index contributed by atoms with van der Waals surface area (Å²) in [5, 5.41) is 3.10. The lowest BCUT2D eigenvalue weighted by Gasteiger charge is -2.05. The number of hydrogen-bond acceptors (Lipinski definition) is 1. The van der Waals surface area contributed by atoms with Crippen LogP contribution in [-0.4, -0.2) is 17.3 Å². The van der Waals surface area contributed by atoms with Crippen LogP contribution in [0.1, 0.15) is 45.4 Å². The number of fused-ring (bicyclic) bond motifs is 1. The van der Waals surface area contributed by atoms with Gasteiger partial charge < -0.3 is 5.32 Å². The highest BCUT2D eigenvalue weighted by molar-refractivity contribution is 9.09. The number of carbonyl (C=O) groups is 1. The minimum Gasteiger partial charge on any atom is -0.356 e. The van der Waals surface area contributed by atoms with Gasteiger partial charge in [0.2, 0.25) is 5.91 Å². The Hall–Kier alpha value is -0.0500. The molecule has 0 saturated heterocycles. The first-order valence-corrected chi connectivity index (χ1v) is 7.53. The summed E-state index contributed by atoms with van der Waals surface area (Å²) in [5.74, 6) is 2.19. The van der Waals surface area contributed by atoms with Gasteiger partial charge in [-0.2, -0.15) is 0 Å². The van der Waals surface area contributed by atoms with Crippen molar-refractivity contribution in [2.75, 3.05) is 6.54 Å². The molecule has 0 heterocycles. The first-order chi connectivity index (χ1) is 7.70. The second-order valence-corrected chi connectivity index (χ2v) is 6.92. The fraction of sp³-hybridized carbons (Fsp3) is 0.923. The van der Waals surface area contributed by atoms with Crippen molar-refractivity contribution in [2.45, 2.75) is 50.3 Å². The largest absolute Gasteiger partial charge is 0.356 e. The van der Waals surface area contributed by atoms with Crippen LogP contribution in [0.25, 0.3) is 0 Å². The summed E-state index contributed by atoms with van der Waals surface area (Å²) < 4.78 is 0. The lowest BCUT2D eigenvalue weighted by atomic mass is 10.0. The second-order valence-electron chi connectivity index (χ2n) is 5.35. The molecule has 92 valence electrons. The molecule has 1 amide bonds. The van der Waals surface area contributed by atoms with E-state index < -0.39 is 0 Å². The first-order valence-electron chi connectivity index (χ1n) is 6.62. The first kappa shape index (κ1) is 12.4. The molecule has 1 N–H and O–H groups in total. The summed E-state index contributed by atoms with van der Waals surface area (Å²) in [6.45, 7) is 3.00. The third-order valence-corrected chi connectivity index (χ3v) is 4.50. The maximum absolute atomic E-state index is 11.9. The van der Waals surface area contributed by atoms with Gasteiger partial charge in [0.25, 0.3) is 0 Å². The molecule has 2 fully saturated rings. The Kier molecular flexibility index (Phi) is 4.28. The monoisotopic (exact) mass is 287 g/mol. The predicted molar refractivity (Wildman–Crippen MR) is 69.6 cm³/mol. The van der Waals surface area contributed by atoms with Gasteiger partial charge in [0.15, 0.2) is 0 Å². The standard InChI is InChI=1S/C13H22BrNO/c1-9(14)5-4-8-15-13(16)12-10-6-2-3-7-11(10)12/h9-12H,2-8H2,1H3,(H,15,16). The fourth-order valence-electron chi connectivity index (χ4n) is 3.09. The molecule has 3 atom stereocenters. The molecule has 2 aliphatic rings. The van der Waals surface area contributed by atoms with Crippen molar-refractivity contribution in [3.63, 3.8) is 0 Å².